The minimum Gasteiger partial charge on any atom is -0.365 e. The van der Waals surface area contributed by atoms with Crippen LogP contribution in [0.5, 0.6) is 0 Å². The predicted octanol–water partition coefficient (Wildman–Crippen LogP) is 3.54. The number of nitrogens with two attached hydrogens (primary N) is 1. The molecule has 7 nitrogen and oxygen atoms in total. The van der Waals surface area contributed by atoms with Crippen molar-refractivity contribution in [2.24, 2.45) is 5.73 Å². The van der Waals surface area contributed by atoms with Gasteiger partial charge >= 0.3 is 0 Å². The van der Waals surface area contributed by atoms with Gasteiger partial charge in [0.2, 0.25) is 10.0 Å². The summed E-state index contributed by atoms with van der Waals surface area (Å²) in [7, 11) is -2.21. The molecular weight excluding hydrogens is 434 g/mol. The molecule has 0 unspecified atom stereocenters. The fourth-order valence-electron chi connectivity index (χ4n) is 3.07. The number of rotatable bonds is 7. The van der Waals surface area contributed by atoms with Crippen LogP contribution in [0.25, 0.3) is 0 Å². The van der Waals surface area contributed by atoms with Crippen LogP contribution in [-0.4, -0.2) is 31.6 Å². The van der Waals surface area contributed by atoms with E-state index in [4.69, 9.17) is 5.73 Å². The maximum Gasteiger partial charge on any atom is 0.256 e. The van der Waals surface area contributed by atoms with Gasteiger partial charge in [-0.25, -0.2) is 8.42 Å². The van der Waals surface area contributed by atoms with Crippen molar-refractivity contribution in [1.82, 2.24) is 4.31 Å². The number of carbonyl (C=O) groups is 2. The molecule has 1 heterocycles. The largest absolute Gasteiger partial charge is 0.365 e. The summed E-state index contributed by atoms with van der Waals surface area (Å²) in [5.74, 6) is -1.06. The second-order valence-corrected chi connectivity index (χ2v) is 10.3. The number of benzene rings is 2. The first-order valence-corrected chi connectivity index (χ1v) is 11.7. The molecule has 3 N–H and O–H groups in total. The Morgan fingerprint density at radius 3 is 2.23 bits per heavy atom. The van der Waals surface area contributed by atoms with Crippen LogP contribution < -0.4 is 11.1 Å². The smallest absolute Gasteiger partial charge is 0.256 e. The van der Waals surface area contributed by atoms with E-state index in [1.54, 1.807) is 6.92 Å². The number of amides is 2. The Balaban J connectivity index is 1.77. The van der Waals surface area contributed by atoms with Crippen LogP contribution in [0, 0.1) is 13.8 Å². The van der Waals surface area contributed by atoms with E-state index in [9.17, 15) is 18.0 Å². The summed E-state index contributed by atoms with van der Waals surface area (Å²) < 4.78 is 26.9. The normalized spacial score (nSPS) is 11.5. The van der Waals surface area contributed by atoms with Gasteiger partial charge in [0.1, 0.15) is 5.00 Å². The third-order valence-electron chi connectivity index (χ3n) is 4.93. The van der Waals surface area contributed by atoms with Gasteiger partial charge in [0.05, 0.1) is 10.5 Å². The highest BCUT2D eigenvalue weighted by Crippen LogP contribution is 2.32. The highest BCUT2D eigenvalue weighted by atomic mass is 32.2. The number of aryl methyl sites for hydroxylation is 1. The Morgan fingerprint density at radius 2 is 1.65 bits per heavy atom. The number of hydrogen-bond donors (Lipinski definition) is 2. The maximum absolute atomic E-state index is 12.8. The van der Waals surface area contributed by atoms with Crippen LogP contribution in [0.1, 0.15) is 36.7 Å². The molecular formula is C22H23N3O4S2. The van der Waals surface area contributed by atoms with Gasteiger partial charge in [-0.15, -0.1) is 11.3 Å². The van der Waals surface area contributed by atoms with Gasteiger partial charge in [-0.3, -0.25) is 9.59 Å². The zero-order valence-electron chi connectivity index (χ0n) is 17.4. The minimum absolute atomic E-state index is 0.0862. The second-order valence-electron chi connectivity index (χ2n) is 7.08. The van der Waals surface area contributed by atoms with Gasteiger partial charge in [0, 0.05) is 24.0 Å². The molecule has 0 saturated heterocycles. The van der Waals surface area contributed by atoms with E-state index in [1.807, 2.05) is 37.3 Å². The first-order chi connectivity index (χ1) is 14.6. The molecule has 0 spiro atoms. The first kappa shape index (κ1) is 22.7. The number of hydrogen-bond acceptors (Lipinski definition) is 5. The molecule has 0 radical (unpaired) electrons. The molecule has 2 aromatic carbocycles. The lowest BCUT2D eigenvalue weighted by molar-refractivity contribution is 0.100. The average molecular weight is 458 g/mol. The Labute approximate surface area is 185 Å². The van der Waals surface area contributed by atoms with E-state index < -0.39 is 21.8 Å². The molecule has 0 atom stereocenters. The maximum atomic E-state index is 12.8. The lowest BCUT2D eigenvalue weighted by Gasteiger charge is -2.17. The fourth-order valence-corrected chi connectivity index (χ4v) is 5.29. The Morgan fingerprint density at radius 1 is 1.03 bits per heavy atom. The van der Waals surface area contributed by atoms with Crippen LogP contribution in [0.2, 0.25) is 0 Å². The molecule has 31 heavy (non-hydrogen) atoms. The van der Waals surface area contributed by atoms with Gasteiger partial charge in [-0.2, -0.15) is 4.31 Å². The summed E-state index contributed by atoms with van der Waals surface area (Å²) in [6.45, 7) is 3.85. The first-order valence-electron chi connectivity index (χ1n) is 9.42. The van der Waals surface area contributed by atoms with E-state index >= 15 is 0 Å². The molecule has 9 heteroatoms. The summed E-state index contributed by atoms with van der Waals surface area (Å²) in [6.07, 6.45) is 0. The van der Waals surface area contributed by atoms with Gasteiger partial charge in [-0.1, -0.05) is 30.3 Å². The quantitative estimate of drug-likeness (QED) is 0.565. The molecule has 0 bridgehead atoms. The lowest BCUT2D eigenvalue weighted by atomic mass is 10.1. The fraction of sp³-hybridized carbons (Fsp3) is 0.182. The van der Waals surface area contributed by atoms with E-state index in [0.29, 0.717) is 5.00 Å². The van der Waals surface area contributed by atoms with Crippen molar-refractivity contribution in [3.05, 3.63) is 81.7 Å². The molecule has 0 aliphatic heterocycles. The van der Waals surface area contributed by atoms with E-state index in [-0.39, 0.29) is 22.6 Å². The number of anilines is 1. The summed E-state index contributed by atoms with van der Waals surface area (Å²) >= 11 is 1.27. The Kier molecular flexibility index (Phi) is 6.59. The topological polar surface area (TPSA) is 110 Å². The summed E-state index contributed by atoms with van der Waals surface area (Å²) in [5.41, 5.74) is 7.60. The number of nitrogens with one attached hydrogen (secondary N) is 1. The predicted molar refractivity (Wildman–Crippen MR) is 122 cm³/mol. The summed E-state index contributed by atoms with van der Waals surface area (Å²) in [5, 5.41) is 3.08. The highest BCUT2D eigenvalue weighted by Gasteiger charge is 2.22. The minimum atomic E-state index is -3.72. The van der Waals surface area contributed by atoms with Crippen LogP contribution in [-0.2, 0) is 16.6 Å². The van der Waals surface area contributed by atoms with Crippen molar-refractivity contribution in [1.29, 1.82) is 0 Å². The molecule has 162 valence electrons. The van der Waals surface area contributed by atoms with Crippen LogP contribution in [0.15, 0.2) is 59.5 Å². The van der Waals surface area contributed by atoms with Crippen LogP contribution >= 0.6 is 11.3 Å². The monoisotopic (exact) mass is 457 g/mol. The van der Waals surface area contributed by atoms with E-state index in [0.717, 1.165) is 16.0 Å². The number of primary amides is 1. The number of thiophene rings is 1. The average Bonchev–Trinajstić information content (AvgIpc) is 3.02. The van der Waals surface area contributed by atoms with Gasteiger partial charge in [-0.05, 0) is 49.2 Å². The van der Waals surface area contributed by atoms with Gasteiger partial charge in [0.25, 0.3) is 11.8 Å². The van der Waals surface area contributed by atoms with Gasteiger partial charge < -0.3 is 11.1 Å². The van der Waals surface area contributed by atoms with Crippen molar-refractivity contribution in [3.63, 3.8) is 0 Å². The molecule has 3 aromatic rings. The third kappa shape index (κ3) is 4.84. The van der Waals surface area contributed by atoms with E-state index in [2.05, 4.69) is 5.32 Å². The van der Waals surface area contributed by atoms with E-state index in [1.165, 1.54) is 47.0 Å². The second kappa shape index (κ2) is 9.01. The zero-order valence-corrected chi connectivity index (χ0v) is 19.0. The van der Waals surface area contributed by atoms with Crippen molar-refractivity contribution in [2.45, 2.75) is 25.3 Å². The zero-order chi connectivity index (χ0) is 22.8. The molecule has 3 rings (SSSR count). The van der Waals surface area contributed by atoms with Crippen molar-refractivity contribution >= 4 is 38.2 Å². The third-order valence-corrected chi connectivity index (χ3v) is 7.87. The molecule has 2 amide bonds. The van der Waals surface area contributed by atoms with Crippen molar-refractivity contribution in [3.8, 4) is 0 Å². The van der Waals surface area contributed by atoms with Crippen LogP contribution in [0.3, 0.4) is 0 Å². The Hall–Kier alpha value is -3.01. The Bertz CT molecular complexity index is 1220. The molecule has 1 aromatic heterocycles. The lowest BCUT2D eigenvalue weighted by Crippen LogP contribution is -2.26. The molecule has 0 aliphatic rings. The molecule has 0 fully saturated rings. The van der Waals surface area contributed by atoms with Crippen molar-refractivity contribution in [2.75, 3.05) is 12.4 Å². The standard InChI is InChI=1S/C22H23N3O4S2/c1-14-15(2)30-22(19(14)20(23)26)24-21(27)17-9-11-18(12-10-17)31(28,29)25(3)13-16-7-5-4-6-8-16/h4-12H,13H2,1-3H3,(H2,23,26)(H,24,27). The number of carbonyl (C=O) groups excluding carboxylic acids is 2. The highest BCUT2D eigenvalue weighted by molar-refractivity contribution is 7.89. The SMILES string of the molecule is Cc1sc(NC(=O)c2ccc(S(=O)(=O)N(C)Cc3ccccc3)cc2)c(C(N)=O)c1C. The van der Waals surface area contributed by atoms with Crippen molar-refractivity contribution < 1.29 is 18.0 Å². The molecule has 0 saturated carbocycles. The van der Waals surface area contributed by atoms with Crippen LogP contribution in [0.4, 0.5) is 5.00 Å². The van der Waals surface area contributed by atoms with Gasteiger partial charge in [0.15, 0.2) is 0 Å². The number of sulfonamides is 1. The number of nitrogens with zero attached hydrogens (tertiary/aromatic N) is 1. The summed E-state index contributed by atoms with van der Waals surface area (Å²) in [4.78, 5) is 25.3. The molecule has 0 aliphatic carbocycles. The summed E-state index contributed by atoms with van der Waals surface area (Å²) in [6, 6.07) is 14.9.